The minimum absolute atomic E-state index is 0.134. The number of hydrogen-bond acceptors (Lipinski definition) is 6. The molecule has 2 aromatic heterocycles. The van der Waals surface area contributed by atoms with Gasteiger partial charge >= 0.3 is 0 Å². The van der Waals surface area contributed by atoms with E-state index < -0.39 is 5.91 Å². The van der Waals surface area contributed by atoms with Gasteiger partial charge in [0.05, 0.1) is 22.7 Å². The zero-order chi connectivity index (χ0) is 23.7. The molecule has 2 heterocycles. The molecule has 0 aliphatic rings. The number of para-hydroxylation sites is 2. The number of carbonyl (C=O) groups is 1. The summed E-state index contributed by atoms with van der Waals surface area (Å²) >= 11 is 1.31. The maximum absolute atomic E-state index is 13.0. The van der Waals surface area contributed by atoms with E-state index in [2.05, 4.69) is 10.3 Å². The number of aromatic nitrogens is 2. The minimum Gasteiger partial charge on any atom is -0.493 e. The summed E-state index contributed by atoms with van der Waals surface area (Å²) in [6, 6.07) is 18.1. The third-order valence-electron chi connectivity index (χ3n) is 5.12. The highest BCUT2D eigenvalue weighted by molar-refractivity contribution is 7.15. The van der Waals surface area contributed by atoms with Gasteiger partial charge in [-0.05, 0) is 60.2 Å². The van der Waals surface area contributed by atoms with Crippen LogP contribution in [0.25, 0.3) is 22.1 Å². The van der Waals surface area contributed by atoms with Crippen LogP contribution in [0.5, 0.6) is 11.5 Å². The number of imidazole rings is 1. The van der Waals surface area contributed by atoms with Crippen molar-refractivity contribution >= 4 is 45.0 Å². The van der Waals surface area contributed by atoms with Crippen LogP contribution in [-0.2, 0) is 4.79 Å². The number of nitrogens with zero attached hydrogens (tertiary/aromatic N) is 2. The van der Waals surface area contributed by atoms with E-state index in [1.54, 1.807) is 28.7 Å². The molecule has 1 amide bonds. The molecule has 0 fully saturated rings. The summed E-state index contributed by atoms with van der Waals surface area (Å²) in [6.45, 7) is -0.253. The van der Waals surface area contributed by atoms with Crippen molar-refractivity contribution in [3.63, 3.8) is 0 Å². The second-order valence-electron chi connectivity index (χ2n) is 7.39. The van der Waals surface area contributed by atoms with Gasteiger partial charge in [-0.3, -0.25) is 9.59 Å². The Kier molecular flexibility index (Phi) is 5.69. The monoisotopic (exact) mass is 475 g/mol. The average Bonchev–Trinajstić information content (AvgIpc) is 3.35. The molecule has 170 valence electrons. The van der Waals surface area contributed by atoms with Gasteiger partial charge in [0.15, 0.2) is 23.1 Å². The molecule has 3 aromatic carbocycles. The van der Waals surface area contributed by atoms with Gasteiger partial charge in [0.1, 0.15) is 5.82 Å². The molecule has 0 atom stereocenters. The van der Waals surface area contributed by atoms with Gasteiger partial charge in [-0.15, -0.1) is 0 Å². The van der Waals surface area contributed by atoms with E-state index in [4.69, 9.17) is 9.47 Å². The van der Waals surface area contributed by atoms with Gasteiger partial charge < -0.3 is 14.8 Å². The molecule has 0 saturated heterocycles. The standard InChI is InChI=1S/C25H18FN3O4S/c1-32-21-12-15(6-11-20(21)33-14-23(30)27-17-9-7-16(26)8-10-17)13-22-24(31)29-19-5-3-2-4-18(19)28-25(29)34-22/h2-13H,14H2,1H3,(H,27,30). The molecule has 0 unspecified atom stereocenters. The van der Waals surface area contributed by atoms with Crippen molar-refractivity contribution in [1.29, 1.82) is 0 Å². The van der Waals surface area contributed by atoms with Gasteiger partial charge in [-0.2, -0.15) is 0 Å². The molecule has 0 aliphatic carbocycles. The fraction of sp³-hybridized carbons (Fsp3) is 0.0800. The van der Waals surface area contributed by atoms with E-state index >= 15 is 0 Å². The molecule has 0 saturated carbocycles. The maximum Gasteiger partial charge on any atom is 0.274 e. The predicted molar refractivity (Wildman–Crippen MR) is 129 cm³/mol. The lowest BCUT2D eigenvalue weighted by atomic mass is 10.2. The second-order valence-corrected chi connectivity index (χ2v) is 8.40. The van der Waals surface area contributed by atoms with Crippen molar-refractivity contribution in [2.24, 2.45) is 0 Å². The Balaban J connectivity index is 1.36. The number of methoxy groups -OCH3 is 1. The second kappa shape index (κ2) is 8.95. The number of halogens is 1. The number of anilines is 1. The fourth-order valence-electron chi connectivity index (χ4n) is 3.53. The molecule has 0 spiro atoms. The Morgan fingerprint density at radius 1 is 1.12 bits per heavy atom. The van der Waals surface area contributed by atoms with Crippen molar-refractivity contribution in [2.75, 3.05) is 19.0 Å². The lowest BCUT2D eigenvalue weighted by Crippen LogP contribution is -2.22. The first-order valence-electron chi connectivity index (χ1n) is 10.3. The Morgan fingerprint density at radius 3 is 2.71 bits per heavy atom. The SMILES string of the molecule is COc1cc(C=c2sc3nc4ccccc4n3c2=O)ccc1OCC(=O)Nc1ccc(F)cc1. The normalized spacial score (nSPS) is 11.8. The molecular weight excluding hydrogens is 457 g/mol. The van der Waals surface area contributed by atoms with Gasteiger partial charge in [-0.1, -0.05) is 29.5 Å². The smallest absolute Gasteiger partial charge is 0.274 e. The molecule has 34 heavy (non-hydrogen) atoms. The van der Waals surface area contributed by atoms with Crippen LogP contribution >= 0.6 is 11.3 Å². The average molecular weight is 476 g/mol. The highest BCUT2D eigenvalue weighted by Crippen LogP contribution is 2.28. The number of hydrogen-bond donors (Lipinski definition) is 1. The molecule has 0 bridgehead atoms. The van der Waals surface area contributed by atoms with Crippen LogP contribution in [0.3, 0.4) is 0 Å². The van der Waals surface area contributed by atoms with Crippen molar-refractivity contribution < 1.29 is 18.7 Å². The summed E-state index contributed by atoms with van der Waals surface area (Å²) in [5.41, 5.74) is 2.63. The number of fused-ring (bicyclic) bond motifs is 3. The summed E-state index contributed by atoms with van der Waals surface area (Å²) in [4.78, 5) is 30.3. The number of nitrogens with one attached hydrogen (secondary N) is 1. The Morgan fingerprint density at radius 2 is 1.91 bits per heavy atom. The lowest BCUT2D eigenvalue weighted by molar-refractivity contribution is -0.118. The highest BCUT2D eigenvalue weighted by atomic mass is 32.1. The Hall–Kier alpha value is -4.24. The van der Waals surface area contributed by atoms with E-state index in [0.29, 0.717) is 26.7 Å². The molecular formula is C25H18FN3O4S. The first kappa shape index (κ1) is 21.6. The molecule has 5 rings (SSSR count). The quantitative estimate of drug-likeness (QED) is 0.406. The van der Waals surface area contributed by atoms with Crippen molar-refractivity contribution in [3.8, 4) is 11.5 Å². The van der Waals surface area contributed by atoms with E-state index in [1.807, 2.05) is 24.3 Å². The lowest BCUT2D eigenvalue weighted by Gasteiger charge is -2.11. The van der Waals surface area contributed by atoms with E-state index in [9.17, 15) is 14.0 Å². The van der Waals surface area contributed by atoms with Crippen LogP contribution in [0.2, 0.25) is 0 Å². The largest absolute Gasteiger partial charge is 0.493 e. The van der Waals surface area contributed by atoms with Crippen LogP contribution in [-0.4, -0.2) is 29.0 Å². The molecule has 7 nitrogen and oxygen atoms in total. The van der Waals surface area contributed by atoms with Crippen LogP contribution in [0.15, 0.2) is 71.5 Å². The zero-order valence-electron chi connectivity index (χ0n) is 17.9. The number of thiazole rings is 1. The van der Waals surface area contributed by atoms with E-state index in [1.165, 1.54) is 42.7 Å². The van der Waals surface area contributed by atoms with E-state index in [0.717, 1.165) is 16.6 Å². The Labute approximate surface area is 196 Å². The summed E-state index contributed by atoms with van der Waals surface area (Å²) in [5, 5.41) is 2.63. The topological polar surface area (TPSA) is 81.9 Å². The third-order valence-corrected chi connectivity index (χ3v) is 6.09. The zero-order valence-corrected chi connectivity index (χ0v) is 18.8. The van der Waals surface area contributed by atoms with Gasteiger partial charge in [0.25, 0.3) is 11.5 Å². The van der Waals surface area contributed by atoms with Crippen LogP contribution in [0, 0.1) is 5.82 Å². The molecule has 0 radical (unpaired) electrons. The number of ether oxygens (including phenoxy) is 2. The molecule has 0 aliphatic heterocycles. The van der Waals surface area contributed by atoms with E-state index in [-0.39, 0.29) is 18.0 Å². The van der Waals surface area contributed by atoms with Crippen LogP contribution < -0.4 is 24.9 Å². The molecule has 9 heteroatoms. The minimum atomic E-state index is -0.394. The molecule has 1 N–H and O–H groups in total. The summed E-state index contributed by atoms with van der Waals surface area (Å²) in [7, 11) is 1.49. The van der Waals surface area contributed by atoms with Crippen LogP contribution in [0.1, 0.15) is 5.56 Å². The first-order valence-corrected chi connectivity index (χ1v) is 11.1. The molecule has 5 aromatic rings. The third kappa shape index (κ3) is 4.20. The number of benzene rings is 3. The highest BCUT2D eigenvalue weighted by Gasteiger charge is 2.12. The number of amides is 1. The van der Waals surface area contributed by atoms with Gasteiger partial charge in [0.2, 0.25) is 0 Å². The van der Waals surface area contributed by atoms with Gasteiger partial charge in [-0.25, -0.2) is 13.8 Å². The summed E-state index contributed by atoms with van der Waals surface area (Å²) < 4.78 is 26.2. The van der Waals surface area contributed by atoms with Crippen molar-refractivity contribution in [1.82, 2.24) is 9.38 Å². The number of carbonyl (C=O) groups excluding carboxylic acids is 1. The van der Waals surface area contributed by atoms with Crippen molar-refractivity contribution in [2.45, 2.75) is 0 Å². The van der Waals surface area contributed by atoms with Crippen LogP contribution in [0.4, 0.5) is 10.1 Å². The number of rotatable bonds is 6. The van der Waals surface area contributed by atoms with Gasteiger partial charge in [0, 0.05) is 5.69 Å². The maximum atomic E-state index is 13.0. The Bertz CT molecular complexity index is 1630. The fourth-order valence-corrected chi connectivity index (χ4v) is 4.52. The summed E-state index contributed by atoms with van der Waals surface area (Å²) in [6.07, 6.45) is 1.77. The first-order chi connectivity index (χ1) is 16.5. The summed E-state index contributed by atoms with van der Waals surface area (Å²) in [5.74, 6) is 0.0187. The van der Waals surface area contributed by atoms with Crippen molar-refractivity contribution in [3.05, 3.63) is 93.0 Å². The predicted octanol–water partition coefficient (Wildman–Crippen LogP) is 3.62.